The molecule has 0 aliphatic rings. The number of oxazole rings is 1. The maximum atomic E-state index is 12.6. The highest BCUT2D eigenvalue weighted by molar-refractivity contribution is 9.10. The van der Waals surface area contributed by atoms with Crippen LogP contribution in [-0.2, 0) is 0 Å². The molecule has 0 aliphatic carbocycles. The number of fused-ring (bicyclic) bond motifs is 1. The van der Waals surface area contributed by atoms with Crippen LogP contribution >= 0.6 is 39.1 Å². The quantitative estimate of drug-likeness (QED) is 0.364. The highest BCUT2D eigenvalue weighted by Gasteiger charge is 2.14. The van der Waals surface area contributed by atoms with Crippen molar-refractivity contribution in [1.82, 2.24) is 4.98 Å². The van der Waals surface area contributed by atoms with E-state index >= 15 is 0 Å². The predicted molar refractivity (Wildman–Crippen MR) is 112 cm³/mol. The topological polar surface area (TPSA) is 55.1 Å². The molecule has 1 heterocycles. The molecule has 0 spiro atoms. The standard InChI is InChI=1S/C20H11BrCl2N2O2/c21-14-4-2-1-3-13(14)19(26)24-16-9-11(5-7-15(16)23)20-25-17-10-12(22)6-8-18(17)27-20/h1-10H,(H,24,26). The molecule has 4 aromatic rings. The molecule has 1 N–H and O–H groups in total. The lowest BCUT2D eigenvalue weighted by atomic mass is 10.1. The van der Waals surface area contributed by atoms with Crippen molar-refractivity contribution in [3.05, 3.63) is 80.7 Å². The molecule has 0 fully saturated rings. The van der Waals surface area contributed by atoms with E-state index in [1.54, 1.807) is 54.6 Å². The van der Waals surface area contributed by atoms with Gasteiger partial charge in [0.1, 0.15) is 5.52 Å². The molecule has 7 heteroatoms. The normalized spacial score (nSPS) is 10.9. The van der Waals surface area contributed by atoms with Gasteiger partial charge in [-0.25, -0.2) is 4.98 Å². The van der Waals surface area contributed by atoms with E-state index in [2.05, 4.69) is 26.2 Å². The van der Waals surface area contributed by atoms with Crippen LogP contribution in [-0.4, -0.2) is 10.9 Å². The first-order valence-electron chi connectivity index (χ1n) is 7.93. The first-order chi connectivity index (χ1) is 13.0. The van der Waals surface area contributed by atoms with Crippen LogP contribution in [0.1, 0.15) is 10.4 Å². The van der Waals surface area contributed by atoms with Crippen LogP contribution in [0.15, 0.2) is 69.6 Å². The molecule has 0 bridgehead atoms. The fourth-order valence-electron chi connectivity index (χ4n) is 2.61. The molecule has 134 valence electrons. The average molecular weight is 462 g/mol. The maximum Gasteiger partial charge on any atom is 0.256 e. The van der Waals surface area contributed by atoms with Gasteiger partial charge in [0.05, 0.1) is 16.3 Å². The summed E-state index contributed by atoms with van der Waals surface area (Å²) in [5.41, 5.74) is 2.95. The van der Waals surface area contributed by atoms with Gasteiger partial charge in [0.15, 0.2) is 5.58 Å². The molecule has 27 heavy (non-hydrogen) atoms. The van der Waals surface area contributed by atoms with Crippen LogP contribution in [0, 0.1) is 0 Å². The van der Waals surface area contributed by atoms with E-state index in [4.69, 9.17) is 27.6 Å². The Morgan fingerprint density at radius 1 is 1.04 bits per heavy atom. The van der Waals surface area contributed by atoms with E-state index in [-0.39, 0.29) is 5.91 Å². The van der Waals surface area contributed by atoms with Gasteiger partial charge in [-0.3, -0.25) is 4.79 Å². The van der Waals surface area contributed by atoms with E-state index in [0.29, 0.717) is 48.3 Å². The first kappa shape index (κ1) is 18.0. The highest BCUT2D eigenvalue weighted by Crippen LogP contribution is 2.31. The Hall–Kier alpha value is -2.34. The maximum absolute atomic E-state index is 12.6. The average Bonchev–Trinajstić information content (AvgIpc) is 3.07. The number of anilines is 1. The lowest BCUT2D eigenvalue weighted by Gasteiger charge is -2.09. The minimum Gasteiger partial charge on any atom is -0.436 e. The minimum absolute atomic E-state index is 0.272. The van der Waals surface area contributed by atoms with Crippen LogP contribution in [0.5, 0.6) is 0 Å². The summed E-state index contributed by atoms with van der Waals surface area (Å²) in [6, 6.07) is 17.6. The Morgan fingerprint density at radius 2 is 1.85 bits per heavy atom. The summed E-state index contributed by atoms with van der Waals surface area (Å²) in [6.45, 7) is 0. The van der Waals surface area contributed by atoms with Crippen LogP contribution in [0.3, 0.4) is 0 Å². The summed E-state index contributed by atoms with van der Waals surface area (Å²) in [5, 5.41) is 3.83. The fraction of sp³-hybridized carbons (Fsp3) is 0. The third-order valence-electron chi connectivity index (χ3n) is 3.93. The van der Waals surface area contributed by atoms with Crippen molar-refractivity contribution in [3.63, 3.8) is 0 Å². The number of nitrogens with one attached hydrogen (secondary N) is 1. The number of benzene rings is 3. The molecular formula is C20H11BrCl2N2O2. The second kappa shape index (κ2) is 7.35. The Kier molecular flexibility index (Phi) is 4.91. The molecule has 1 amide bonds. The zero-order chi connectivity index (χ0) is 19.0. The van der Waals surface area contributed by atoms with Crippen LogP contribution < -0.4 is 5.32 Å². The third kappa shape index (κ3) is 3.72. The van der Waals surface area contributed by atoms with Crippen LogP contribution in [0.4, 0.5) is 5.69 Å². The zero-order valence-electron chi connectivity index (χ0n) is 13.7. The van der Waals surface area contributed by atoms with E-state index < -0.39 is 0 Å². The summed E-state index contributed by atoms with van der Waals surface area (Å²) in [5.74, 6) is 0.145. The smallest absolute Gasteiger partial charge is 0.256 e. The van der Waals surface area contributed by atoms with Crippen molar-refractivity contribution < 1.29 is 9.21 Å². The van der Waals surface area contributed by atoms with Gasteiger partial charge in [-0.1, -0.05) is 35.3 Å². The van der Waals surface area contributed by atoms with Crippen LogP contribution in [0.2, 0.25) is 10.0 Å². The van der Waals surface area contributed by atoms with Crippen molar-refractivity contribution in [2.45, 2.75) is 0 Å². The Bertz CT molecular complexity index is 1170. The summed E-state index contributed by atoms with van der Waals surface area (Å²) in [4.78, 5) is 17.0. The van der Waals surface area contributed by atoms with Crippen molar-refractivity contribution >= 4 is 61.8 Å². The van der Waals surface area contributed by atoms with Gasteiger partial charge >= 0.3 is 0 Å². The summed E-state index contributed by atoms with van der Waals surface area (Å²) < 4.78 is 6.48. The van der Waals surface area contributed by atoms with Gasteiger partial charge in [-0.2, -0.15) is 0 Å². The molecule has 3 aromatic carbocycles. The number of carbonyl (C=O) groups excluding carboxylic acids is 1. The van der Waals surface area contributed by atoms with Gasteiger partial charge in [-0.05, 0) is 64.5 Å². The monoisotopic (exact) mass is 460 g/mol. The molecule has 0 aliphatic heterocycles. The van der Waals surface area contributed by atoms with Crippen molar-refractivity contribution in [2.24, 2.45) is 0 Å². The molecule has 0 saturated carbocycles. The number of aromatic nitrogens is 1. The van der Waals surface area contributed by atoms with Crippen molar-refractivity contribution in [1.29, 1.82) is 0 Å². The second-order valence-corrected chi connectivity index (χ2v) is 7.46. The van der Waals surface area contributed by atoms with Gasteiger partial charge in [0.2, 0.25) is 5.89 Å². The molecule has 0 atom stereocenters. The Balaban J connectivity index is 1.68. The molecule has 0 saturated heterocycles. The number of amides is 1. The SMILES string of the molecule is O=C(Nc1cc(-c2nc3cc(Cl)ccc3o2)ccc1Cl)c1ccccc1Br. The number of nitrogens with zero attached hydrogens (tertiary/aromatic N) is 1. The lowest BCUT2D eigenvalue weighted by molar-refractivity contribution is 0.102. The molecule has 0 radical (unpaired) electrons. The lowest BCUT2D eigenvalue weighted by Crippen LogP contribution is -2.12. The molecule has 4 rings (SSSR count). The largest absolute Gasteiger partial charge is 0.436 e. The first-order valence-corrected chi connectivity index (χ1v) is 9.48. The molecular weight excluding hydrogens is 451 g/mol. The molecule has 4 nitrogen and oxygen atoms in total. The van der Waals surface area contributed by atoms with Gasteiger partial charge < -0.3 is 9.73 Å². The van der Waals surface area contributed by atoms with Gasteiger partial charge in [0, 0.05) is 15.1 Å². The molecule has 0 unspecified atom stereocenters. The van der Waals surface area contributed by atoms with Gasteiger partial charge in [-0.15, -0.1) is 0 Å². The number of rotatable bonds is 3. The summed E-state index contributed by atoms with van der Waals surface area (Å²) in [7, 11) is 0. The van der Waals surface area contributed by atoms with E-state index in [1.165, 1.54) is 0 Å². The summed E-state index contributed by atoms with van der Waals surface area (Å²) in [6.07, 6.45) is 0. The Morgan fingerprint density at radius 3 is 2.67 bits per heavy atom. The minimum atomic E-state index is -0.272. The van der Waals surface area contributed by atoms with Crippen LogP contribution in [0.25, 0.3) is 22.6 Å². The van der Waals surface area contributed by atoms with E-state index in [1.807, 2.05) is 6.07 Å². The summed E-state index contributed by atoms with van der Waals surface area (Å²) >= 11 is 15.6. The number of halogens is 3. The highest BCUT2D eigenvalue weighted by atomic mass is 79.9. The van der Waals surface area contributed by atoms with E-state index in [9.17, 15) is 4.79 Å². The second-order valence-electron chi connectivity index (χ2n) is 5.76. The van der Waals surface area contributed by atoms with Crippen molar-refractivity contribution in [2.75, 3.05) is 5.32 Å². The third-order valence-corrected chi connectivity index (χ3v) is 5.19. The van der Waals surface area contributed by atoms with Crippen molar-refractivity contribution in [3.8, 4) is 11.5 Å². The van der Waals surface area contributed by atoms with Gasteiger partial charge in [0.25, 0.3) is 5.91 Å². The zero-order valence-corrected chi connectivity index (χ0v) is 16.8. The predicted octanol–water partition coefficient (Wildman–Crippen LogP) is 6.82. The fourth-order valence-corrected chi connectivity index (χ4v) is 3.41. The molecule has 1 aromatic heterocycles. The number of hydrogen-bond acceptors (Lipinski definition) is 3. The number of carbonyl (C=O) groups is 1. The Labute approximate surface area is 173 Å². The van der Waals surface area contributed by atoms with E-state index in [0.717, 1.165) is 0 Å². The number of hydrogen-bond donors (Lipinski definition) is 1.